The second-order valence-electron chi connectivity index (χ2n) is 6.41. The summed E-state index contributed by atoms with van der Waals surface area (Å²) in [7, 11) is 0. The molecule has 1 aliphatic rings. The van der Waals surface area contributed by atoms with Gasteiger partial charge in [-0.1, -0.05) is 42.1 Å². The van der Waals surface area contributed by atoms with E-state index in [1.54, 1.807) is 19.9 Å². The van der Waals surface area contributed by atoms with Crippen molar-refractivity contribution in [3.8, 4) is 0 Å². The second kappa shape index (κ2) is 8.48. The molecule has 0 amide bonds. The van der Waals surface area contributed by atoms with E-state index < -0.39 is 11.9 Å². The molecule has 7 heteroatoms. The Hall–Kier alpha value is -2.80. The molecule has 0 radical (unpaired) electrons. The number of ether oxygens (including phenoxy) is 1. The number of fused-ring (bicyclic) bond motifs is 1. The summed E-state index contributed by atoms with van der Waals surface area (Å²) < 4.78 is 5.29. The third kappa shape index (κ3) is 3.75. The van der Waals surface area contributed by atoms with Gasteiger partial charge in [-0.3, -0.25) is 4.79 Å². The van der Waals surface area contributed by atoms with E-state index in [0.717, 1.165) is 11.1 Å². The van der Waals surface area contributed by atoms with Crippen LogP contribution < -0.4 is 10.9 Å². The quantitative estimate of drug-likeness (QED) is 0.334. The number of esters is 1. The minimum Gasteiger partial charge on any atom is -0.463 e. The average molecular weight is 398 g/mol. The largest absolute Gasteiger partial charge is 0.463 e. The van der Waals surface area contributed by atoms with E-state index >= 15 is 0 Å². The van der Waals surface area contributed by atoms with Gasteiger partial charge in [0.05, 0.1) is 23.7 Å². The normalized spacial score (nSPS) is 15.6. The zero-order valence-corrected chi connectivity index (χ0v) is 17.0. The number of aromatic nitrogens is 2. The number of hydrogen-bond acceptors (Lipinski definition) is 6. The first-order chi connectivity index (χ1) is 13.5. The molecule has 1 aromatic carbocycles. The summed E-state index contributed by atoms with van der Waals surface area (Å²) in [4.78, 5) is 33.2. The van der Waals surface area contributed by atoms with Crippen molar-refractivity contribution in [2.45, 2.75) is 31.8 Å². The highest BCUT2D eigenvalue weighted by Crippen LogP contribution is 2.41. The van der Waals surface area contributed by atoms with Crippen LogP contribution >= 0.6 is 11.8 Å². The van der Waals surface area contributed by atoms with Crippen molar-refractivity contribution in [1.82, 2.24) is 9.97 Å². The third-order valence-corrected chi connectivity index (χ3v) is 5.42. The zero-order chi connectivity index (χ0) is 20.3. The van der Waals surface area contributed by atoms with Crippen molar-refractivity contribution < 1.29 is 9.53 Å². The summed E-state index contributed by atoms with van der Waals surface area (Å²) in [5.41, 5.74) is 3.09. The van der Waals surface area contributed by atoms with E-state index in [1.165, 1.54) is 11.8 Å². The number of nitrogens with zero attached hydrogens (tertiary/aromatic N) is 1. The van der Waals surface area contributed by atoms with Crippen molar-refractivity contribution in [3.05, 3.63) is 75.2 Å². The summed E-state index contributed by atoms with van der Waals surface area (Å²) in [6.45, 7) is 9.48. The monoisotopic (exact) mass is 397 g/mol. The molecule has 0 saturated heterocycles. The van der Waals surface area contributed by atoms with Gasteiger partial charge in [-0.15, -0.1) is 6.58 Å². The van der Waals surface area contributed by atoms with Crippen LogP contribution in [0.1, 0.15) is 36.5 Å². The standard InChI is InChI=1S/C21H23N3O3S/c1-5-11-28-21-23-18-17(19(25)24-21)16(14-10-8-7-9-12(14)3)15(13(4)22-18)20(26)27-6-2/h5,7-10,16H,1,6,11H2,2-4H3,(H2,22,23,24,25). The maximum atomic E-state index is 13.0. The number of aryl methyl sites for hydroxylation is 1. The molecule has 0 spiro atoms. The fourth-order valence-electron chi connectivity index (χ4n) is 3.34. The number of aromatic amines is 1. The number of allylic oxidation sites excluding steroid dienone is 1. The van der Waals surface area contributed by atoms with Crippen LogP contribution in [0.25, 0.3) is 0 Å². The molecular weight excluding hydrogens is 374 g/mol. The lowest BCUT2D eigenvalue weighted by Crippen LogP contribution is -2.31. The van der Waals surface area contributed by atoms with Gasteiger partial charge < -0.3 is 15.0 Å². The minimum absolute atomic E-state index is 0.259. The molecule has 0 saturated carbocycles. The van der Waals surface area contributed by atoms with E-state index in [2.05, 4.69) is 21.9 Å². The Kier molecular flexibility index (Phi) is 6.04. The van der Waals surface area contributed by atoms with E-state index in [4.69, 9.17) is 4.74 Å². The molecule has 0 bridgehead atoms. The molecule has 146 valence electrons. The Labute approximate surface area is 168 Å². The molecule has 2 aromatic rings. The number of benzene rings is 1. The van der Waals surface area contributed by atoms with Crippen LogP contribution in [0.3, 0.4) is 0 Å². The van der Waals surface area contributed by atoms with Crippen molar-refractivity contribution in [2.24, 2.45) is 0 Å². The number of H-pyrrole nitrogens is 1. The van der Waals surface area contributed by atoms with Gasteiger partial charge in [0.2, 0.25) is 0 Å². The molecule has 0 aliphatic carbocycles. The summed E-state index contributed by atoms with van der Waals surface area (Å²) in [5, 5.41) is 3.64. The molecule has 2 N–H and O–H groups in total. The van der Waals surface area contributed by atoms with Crippen LogP contribution in [-0.4, -0.2) is 28.3 Å². The lowest BCUT2D eigenvalue weighted by atomic mass is 9.80. The summed E-state index contributed by atoms with van der Waals surface area (Å²) in [6, 6.07) is 7.73. The van der Waals surface area contributed by atoms with Crippen LogP contribution in [0, 0.1) is 6.92 Å². The van der Waals surface area contributed by atoms with E-state index in [-0.39, 0.29) is 12.2 Å². The Morgan fingerprint density at radius 2 is 2.11 bits per heavy atom. The van der Waals surface area contributed by atoms with Gasteiger partial charge in [-0.25, -0.2) is 9.78 Å². The highest BCUT2D eigenvalue weighted by molar-refractivity contribution is 7.99. The van der Waals surface area contributed by atoms with E-state index in [1.807, 2.05) is 31.2 Å². The Bertz CT molecular complexity index is 1010. The predicted octanol–water partition coefficient (Wildman–Crippen LogP) is 3.75. The zero-order valence-electron chi connectivity index (χ0n) is 16.2. The van der Waals surface area contributed by atoms with Gasteiger partial charge in [0, 0.05) is 11.4 Å². The highest BCUT2D eigenvalue weighted by atomic mass is 32.2. The van der Waals surface area contributed by atoms with Crippen LogP contribution in [0.2, 0.25) is 0 Å². The van der Waals surface area contributed by atoms with Crippen LogP contribution in [0.5, 0.6) is 0 Å². The summed E-state index contributed by atoms with van der Waals surface area (Å²) in [5.74, 6) is 0.113. The van der Waals surface area contributed by atoms with Crippen molar-refractivity contribution in [2.75, 3.05) is 17.7 Å². The first-order valence-corrected chi connectivity index (χ1v) is 10.0. The first-order valence-electron chi connectivity index (χ1n) is 9.06. The van der Waals surface area contributed by atoms with Gasteiger partial charge in [0.15, 0.2) is 5.16 Å². The molecule has 1 aliphatic heterocycles. The van der Waals surface area contributed by atoms with E-state index in [0.29, 0.717) is 33.6 Å². The maximum Gasteiger partial charge on any atom is 0.336 e. The lowest BCUT2D eigenvalue weighted by Gasteiger charge is -2.29. The van der Waals surface area contributed by atoms with Crippen molar-refractivity contribution in [3.63, 3.8) is 0 Å². The second-order valence-corrected chi connectivity index (χ2v) is 7.42. The molecule has 3 rings (SSSR count). The first kappa shape index (κ1) is 19.9. The van der Waals surface area contributed by atoms with Crippen LogP contribution in [0.15, 0.2) is 58.1 Å². The molecule has 2 heterocycles. The van der Waals surface area contributed by atoms with E-state index in [9.17, 15) is 9.59 Å². The Morgan fingerprint density at radius 1 is 1.36 bits per heavy atom. The van der Waals surface area contributed by atoms with Crippen LogP contribution in [0.4, 0.5) is 5.82 Å². The number of thioether (sulfide) groups is 1. The third-order valence-electron chi connectivity index (χ3n) is 4.55. The molecule has 1 atom stereocenters. The SMILES string of the molecule is C=CCSc1nc2c(c(=O)[nH]1)C(c1ccccc1C)C(C(=O)OCC)=C(C)N2. The fourth-order valence-corrected chi connectivity index (χ4v) is 3.93. The number of rotatable bonds is 6. The molecule has 1 aromatic heterocycles. The lowest BCUT2D eigenvalue weighted by molar-refractivity contribution is -0.138. The topological polar surface area (TPSA) is 84.1 Å². The average Bonchev–Trinajstić information content (AvgIpc) is 2.65. The van der Waals surface area contributed by atoms with Gasteiger partial charge in [-0.2, -0.15) is 0 Å². The van der Waals surface area contributed by atoms with Gasteiger partial charge in [0.1, 0.15) is 5.82 Å². The molecule has 0 fully saturated rings. The molecular formula is C21H23N3O3S. The van der Waals surface area contributed by atoms with Crippen molar-refractivity contribution >= 4 is 23.5 Å². The van der Waals surface area contributed by atoms with Crippen molar-refractivity contribution in [1.29, 1.82) is 0 Å². The van der Waals surface area contributed by atoms with Gasteiger partial charge in [-0.05, 0) is 31.9 Å². The number of hydrogen-bond donors (Lipinski definition) is 2. The maximum absolute atomic E-state index is 13.0. The predicted molar refractivity (Wildman–Crippen MR) is 112 cm³/mol. The van der Waals surface area contributed by atoms with Gasteiger partial charge in [0.25, 0.3) is 5.56 Å². The van der Waals surface area contributed by atoms with Crippen LogP contribution in [-0.2, 0) is 9.53 Å². The smallest absolute Gasteiger partial charge is 0.336 e. The number of carbonyl (C=O) groups is 1. The molecule has 28 heavy (non-hydrogen) atoms. The minimum atomic E-state index is -0.550. The number of anilines is 1. The fraction of sp³-hybridized carbons (Fsp3) is 0.286. The summed E-state index contributed by atoms with van der Waals surface area (Å²) >= 11 is 1.39. The number of nitrogens with one attached hydrogen (secondary N) is 2. The number of carbonyl (C=O) groups excluding carboxylic acids is 1. The Balaban J connectivity index is 2.23. The highest BCUT2D eigenvalue weighted by Gasteiger charge is 2.36. The molecule has 1 unspecified atom stereocenters. The van der Waals surface area contributed by atoms with Gasteiger partial charge >= 0.3 is 5.97 Å². The summed E-state index contributed by atoms with van der Waals surface area (Å²) in [6.07, 6.45) is 1.75. The molecule has 6 nitrogen and oxygen atoms in total. The Morgan fingerprint density at radius 3 is 2.79 bits per heavy atom.